The summed E-state index contributed by atoms with van der Waals surface area (Å²) in [6.07, 6.45) is 5.02. The molecule has 0 aliphatic carbocycles. The highest BCUT2D eigenvalue weighted by Gasteiger charge is 2.26. The van der Waals surface area contributed by atoms with E-state index in [2.05, 4.69) is 11.9 Å². The number of benzene rings is 1. The first kappa shape index (κ1) is 20.1. The minimum absolute atomic E-state index is 0.136. The monoisotopic (exact) mass is 380 g/mol. The van der Waals surface area contributed by atoms with Gasteiger partial charge in [-0.3, -0.25) is 4.79 Å². The number of carboxylic acids is 1. The lowest BCUT2D eigenvalue weighted by molar-refractivity contribution is -0.139. The van der Waals surface area contributed by atoms with E-state index >= 15 is 0 Å². The maximum atomic E-state index is 12.6. The molecule has 2 N–H and O–H groups in total. The summed E-state index contributed by atoms with van der Waals surface area (Å²) >= 11 is 0. The van der Waals surface area contributed by atoms with Crippen LogP contribution in [0.15, 0.2) is 41.8 Å². The fourth-order valence-corrected chi connectivity index (χ4v) is 4.33. The Morgan fingerprint density at radius 2 is 1.81 bits per heavy atom. The Kier molecular flexibility index (Phi) is 6.93. The molecule has 142 valence electrons. The molecule has 2 rings (SSSR count). The minimum Gasteiger partial charge on any atom is -0.480 e. The zero-order valence-corrected chi connectivity index (χ0v) is 15.4. The fraction of sp³-hybridized carbons (Fsp3) is 0.444. The third-order valence-electron chi connectivity index (χ3n) is 4.33. The van der Waals surface area contributed by atoms with Gasteiger partial charge in [0.2, 0.25) is 10.0 Å². The lowest BCUT2D eigenvalue weighted by atomic mass is 10.1. The number of carbonyl (C=O) groups excluding carboxylic acids is 1. The predicted octanol–water partition coefficient (Wildman–Crippen LogP) is 2.01. The minimum atomic E-state index is -3.56. The smallest absolute Gasteiger partial charge is 0.326 e. The molecule has 8 heteroatoms. The number of hydrogen-bond acceptors (Lipinski definition) is 4. The highest BCUT2D eigenvalue weighted by molar-refractivity contribution is 7.89. The molecule has 1 amide bonds. The molecular formula is C18H24N2O5S. The third kappa shape index (κ3) is 4.92. The maximum Gasteiger partial charge on any atom is 0.326 e. The predicted molar refractivity (Wildman–Crippen MR) is 97.4 cm³/mol. The molecule has 1 aromatic rings. The summed E-state index contributed by atoms with van der Waals surface area (Å²) in [6, 6.07) is 4.56. The summed E-state index contributed by atoms with van der Waals surface area (Å²) < 4.78 is 26.6. The van der Waals surface area contributed by atoms with E-state index in [1.54, 1.807) is 6.08 Å². The van der Waals surface area contributed by atoms with Crippen LogP contribution in [0.5, 0.6) is 0 Å². The van der Waals surface area contributed by atoms with Gasteiger partial charge < -0.3 is 10.4 Å². The van der Waals surface area contributed by atoms with Crippen LogP contribution in [-0.2, 0) is 14.8 Å². The molecule has 0 bridgehead atoms. The van der Waals surface area contributed by atoms with Crippen molar-refractivity contribution in [2.45, 2.75) is 43.0 Å². The number of sulfonamides is 1. The van der Waals surface area contributed by atoms with Crippen molar-refractivity contribution in [1.82, 2.24) is 9.62 Å². The molecule has 26 heavy (non-hydrogen) atoms. The summed E-state index contributed by atoms with van der Waals surface area (Å²) in [5, 5.41) is 11.6. The van der Waals surface area contributed by atoms with Gasteiger partial charge in [-0.15, -0.1) is 6.58 Å². The molecule has 0 spiro atoms. The number of rotatable bonds is 8. The van der Waals surface area contributed by atoms with E-state index in [1.165, 1.54) is 28.6 Å². The zero-order chi connectivity index (χ0) is 19.2. The normalized spacial score (nSPS) is 16.6. The summed E-state index contributed by atoms with van der Waals surface area (Å²) in [7, 11) is -3.56. The van der Waals surface area contributed by atoms with Crippen molar-refractivity contribution in [2.75, 3.05) is 13.1 Å². The third-order valence-corrected chi connectivity index (χ3v) is 6.25. The van der Waals surface area contributed by atoms with Gasteiger partial charge in [-0.25, -0.2) is 13.2 Å². The van der Waals surface area contributed by atoms with Crippen LogP contribution in [-0.4, -0.2) is 48.8 Å². The number of piperidine rings is 1. The number of carboxylic acid groups (broad SMARTS) is 1. The van der Waals surface area contributed by atoms with Crippen LogP contribution in [0.1, 0.15) is 42.5 Å². The van der Waals surface area contributed by atoms with E-state index in [0.29, 0.717) is 19.5 Å². The number of carbonyl (C=O) groups is 2. The van der Waals surface area contributed by atoms with E-state index in [-0.39, 0.29) is 16.9 Å². The first-order valence-electron chi connectivity index (χ1n) is 8.61. The largest absolute Gasteiger partial charge is 0.480 e. The van der Waals surface area contributed by atoms with Crippen LogP contribution in [0.2, 0.25) is 0 Å². The summed E-state index contributed by atoms with van der Waals surface area (Å²) in [5.74, 6) is -1.67. The second kappa shape index (κ2) is 8.95. The molecule has 1 atom stereocenters. The van der Waals surface area contributed by atoms with Crippen LogP contribution in [0.3, 0.4) is 0 Å². The highest BCUT2D eigenvalue weighted by atomic mass is 32.2. The molecule has 0 saturated carbocycles. The Bertz CT molecular complexity index is 752. The molecule has 1 unspecified atom stereocenters. The van der Waals surface area contributed by atoms with Crippen molar-refractivity contribution in [3.63, 3.8) is 0 Å². The van der Waals surface area contributed by atoms with Crippen molar-refractivity contribution in [3.8, 4) is 0 Å². The van der Waals surface area contributed by atoms with Crippen LogP contribution < -0.4 is 5.32 Å². The van der Waals surface area contributed by atoms with Crippen molar-refractivity contribution in [3.05, 3.63) is 42.5 Å². The maximum absolute atomic E-state index is 12.6. The van der Waals surface area contributed by atoms with Crippen molar-refractivity contribution < 1.29 is 23.1 Å². The van der Waals surface area contributed by atoms with Gasteiger partial charge in [0.25, 0.3) is 5.91 Å². The molecule has 1 aliphatic rings. The van der Waals surface area contributed by atoms with E-state index in [1.807, 2.05) is 0 Å². The van der Waals surface area contributed by atoms with Gasteiger partial charge in [0.15, 0.2) is 0 Å². The van der Waals surface area contributed by atoms with E-state index < -0.39 is 27.9 Å². The Balaban J connectivity index is 2.09. The number of hydrogen-bond donors (Lipinski definition) is 2. The van der Waals surface area contributed by atoms with Crippen LogP contribution in [0.25, 0.3) is 0 Å². The van der Waals surface area contributed by atoms with E-state index in [0.717, 1.165) is 19.3 Å². The quantitative estimate of drug-likeness (QED) is 0.672. The molecule has 1 saturated heterocycles. The van der Waals surface area contributed by atoms with E-state index in [9.17, 15) is 18.0 Å². The number of nitrogens with one attached hydrogen (secondary N) is 1. The van der Waals surface area contributed by atoms with Crippen molar-refractivity contribution in [1.29, 1.82) is 0 Å². The average molecular weight is 380 g/mol. The molecule has 1 aromatic carbocycles. The first-order valence-corrected chi connectivity index (χ1v) is 10.0. The van der Waals surface area contributed by atoms with Gasteiger partial charge in [-0.1, -0.05) is 12.5 Å². The SMILES string of the molecule is C=CCCC(NC(=O)c1ccc(S(=O)(=O)N2CCCCC2)cc1)C(=O)O. The summed E-state index contributed by atoms with van der Waals surface area (Å²) in [6.45, 7) is 4.55. The molecule has 1 heterocycles. The molecule has 1 fully saturated rings. The molecule has 1 aliphatic heterocycles. The Hall–Kier alpha value is -2.19. The number of nitrogens with zero attached hydrogens (tertiary/aromatic N) is 1. The Labute approximate surface area is 153 Å². The van der Waals surface area contributed by atoms with Gasteiger partial charge in [0, 0.05) is 18.7 Å². The summed E-state index contributed by atoms with van der Waals surface area (Å²) in [5.41, 5.74) is 0.215. The molecular weight excluding hydrogens is 356 g/mol. The van der Waals surface area contributed by atoms with Gasteiger partial charge in [0.1, 0.15) is 6.04 Å². The average Bonchev–Trinajstić information content (AvgIpc) is 2.65. The van der Waals surface area contributed by atoms with Gasteiger partial charge in [-0.2, -0.15) is 4.31 Å². The second-order valence-electron chi connectivity index (χ2n) is 6.22. The van der Waals surface area contributed by atoms with Crippen molar-refractivity contribution in [2.24, 2.45) is 0 Å². The summed E-state index contributed by atoms with van der Waals surface area (Å²) in [4.78, 5) is 23.6. The van der Waals surface area contributed by atoms with Gasteiger partial charge in [-0.05, 0) is 49.9 Å². The van der Waals surface area contributed by atoms with E-state index in [4.69, 9.17) is 5.11 Å². The zero-order valence-electron chi connectivity index (χ0n) is 14.6. The van der Waals surface area contributed by atoms with Crippen LogP contribution in [0, 0.1) is 0 Å². The molecule has 0 radical (unpaired) electrons. The van der Waals surface area contributed by atoms with Crippen LogP contribution in [0.4, 0.5) is 0 Å². The second-order valence-corrected chi connectivity index (χ2v) is 8.16. The Morgan fingerprint density at radius 1 is 1.19 bits per heavy atom. The number of aliphatic carboxylic acids is 1. The number of allylic oxidation sites excluding steroid dienone is 1. The fourth-order valence-electron chi connectivity index (χ4n) is 2.82. The van der Waals surface area contributed by atoms with Crippen molar-refractivity contribution >= 4 is 21.9 Å². The van der Waals surface area contributed by atoms with Gasteiger partial charge in [0.05, 0.1) is 4.90 Å². The molecule has 0 aromatic heterocycles. The number of amides is 1. The molecule has 7 nitrogen and oxygen atoms in total. The Morgan fingerprint density at radius 3 is 2.35 bits per heavy atom. The lowest BCUT2D eigenvalue weighted by Crippen LogP contribution is -2.40. The first-order chi connectivity index (χ1) is 12.4. The standard InChI is InChI=1S/C18H24N2O5S/c1-2-3-7-16(18(22)23)19-17(21)14-8-10-15(11-9-14)26(24,25)20-12-5-4-6-13-20/h2,8-11,16H,1,3-7,12-13H2,(H,19,21)(H,22,23). The highest BCUT2D eigenvalue weighted by Crippen LogP contribution is 2.21. The lowest BCUT2D eigenvalue weighted by Gasteiger charge is -2.25. The van der Waals surface area contributed by atoms with Crippen LogP contribution >= 0.6 is 0 Å². The topological polar surface area (TPSA) is 104 Å². The van der Waals surface area contributed by atoms with Gasteiger partial charge >= 0.3 is 5.97 Å².